The maximum atomic E-state index is 5.81. The molecule has 0 atom stereocenters. The van der Waals surface area contributed by atoms with Crippen molar-refractivity contribution < 1.29 is 4.52 Å². The molecule has 2 rings (SSSR count). The van der Waals surface area contributed by atoms with E-state index in [0.29, 0.717) is 34.2 Å². The number of rotatable bonds is 4. The number of nitrogens with zero attached hydrogens (tertiary/aromatic N) is 4. The molecular weight excluding hydrogens is 297 g/mol. The molecule has 2 heterocycles. The molecule has 0 spiro atoms. The fraction of sp³-hybridized carbons (Fsp3) is 0.250. The monoisotopic (exact) mass is 303 g/mol. The lowest BCUT2D eigenvalue weighted by Crippen LogP contribution is -2.08. The number of hydrogen-bond donors (Lipinski definition) is 1. The Labute approximate surface area is 105 Å². The summed E-state index contributed by atoms with van der Waals surface area (Å²) >= 11 is 9.10. The van der Waals surface area contributed by atoms with Crippen LogP contribution in [0.3, 0.4) is 0 Å². The molecular formula is C8H7BrClN5O. The molecule has 6 nitrogen and oxygen atoms in total. The Morgan fingerprint density at radius 3 is 3.00 bits per heavy atom. The van der Waals surface area contributed by atoms with Crippen LogP contribution in [0.5, 0.6) is 0 Å². The zero-order valence-corrected chi connectivity index (χ0v) is 10.4. The first kappa shape index (κ1) is 11.3. The fourth-order valence-corrected chi connectivity index (χ4v) is 1.54. The van der Waals surface area contributed by atoms with Gasteiger partial charge in [-0.05, 0) is 15.9 Å². The highest BCUT2D eigenvalue weighted by molar-refractivity contribution is 9.10. The third kappa shape index (κ3) is 2.67. The summed E-state index contributed by atoms with van der Waals surface area (Å²) in [5.74, 6) is 1.28. The third-order valence-corrected chi connectivity index (χ3v) is 3.06. The Bertz CT molecular complexity index is 463. The van der Waals surface area contributed by atoms with Crippen LogP contribution in [0.2, 0.25) is 5.15 Å². The highest BCUT2D eigenvalue weighted by Gasteiger charge is 2.06. The molecule has 0 aliphatic carbocycles. The number of nitrogens with one attached hydrogen (secondary N) is 1. The summed E-state index contributed by atoms with van der Waals surface area (Å²) in [4.78, 5) is 11.8. The van der Waals surface area contributed by atoms with E-state index in [1.54, 1.807) is 0 Å². The van der Waals surface area contributed by atoms with Gasteiger partial charge in [-0.1, -0.05) is 16.8 Å². The summed E-state index contributed by atoms with van der Waals surface area (Å²) in [5.41, 5.74) is 0. The minimum atomic E-state index is 0.372. The zero-order chi connectivity index (χ0) is 11.4. The quantitative estimate of drug-likeness (QED) is 0.870. The number of aromatic nitrogens is 4. The molecule has 16 heavy (non-hydrogen) atoms. The van der Waals surface area contributed by atoms with Gasteiger partial charge >= 0.3 is 0 Å². The summed E-state index contributed by atoms with van der Waals surface area (Å²) in [7, 11) is 0. The van der Waals surface area contributed by atoms with Crippen molar-refractivity contribution in [1.29, 1.82) is 0 Å². The van der Waals surface area contributed by atoms with Crippen molar-refractivity contribution in [3.8, 4) is 0 Å². The second-order valence-corrected chi connectivity index (χ2v) is 4.00. The van der Waals surface area contributed by atoms with E-state index < -0.39 is 0 Å². The van der Waals surface area contributed by atoms with Crippen molar-refractivity contribution >= 4 is 33.3 Å². The van der Waals surface area contributed by atoms with Gasteiger partial charge in [0.2, 0.25) is 6.39 Å². The van der Waals surface area contributed by atoms with Crippen LogP contribution in [0.25, 0.3) is 0 Å². The predicted molar refractivity (Wildman–Crippen MR) is 61.2 cm³/mol. The minimum absolute atomic E-state index is 0.372. The molecule has 0 aromatic carbocycles. The number of halogens is 2. The Hall–Kier alpha value is -1.21. The van der Waals surface area contributed by atoms with Gasteiger partial charge in [0.25, 0.3) is 0 Å². The van der Waals surface area contributed by atoms with Crippen molar-refractivity contribution in [3.63, 3.8) is 0 Å². The average molecular weight is 305 g/mol. The number of anilines is 1. The van der Waals surface area contributed by atoms with Crippen molar-refractivity contribution in [2.24, 2.45) is 0 Å². The van der Waals surface area contributed by atoms with Crippen molar-refractivity contribution in [2.45, 2.75) is 6.42 Å². The van der Waals surface area contributed by atoms with Crippen LogP contribution in [-0.2, 0) is 6.42 Å². The van der Waals surface area contributed by atoms with Gasteiger partial charge in [-0.3, -0.25) is 0 Å². The molecule has 0 aliphatic heterocycles. The summed E-state index contributed by atoms with van der Waals surface area (Å²) in [6.45, 7) is 0.630. The van der Waals surface area contributed by atoms with E-state index in [9.17, 15) is 0 Å². The van der Waals surface area contributed by atoms with E-state index in [0.717, 1.165) is 0 Å². The second-order valence-electron chi connectivity index (χ2n) is 2.85. The van der Waals surface area contributed by atoms with Crippen LogP contribution in [-0.4, -0.2) is 26.7 Å². The molecule has 0 aliphatic rings. The van der Waals surface area contributed by atoms with Crippen LogP contribution in [0.1, 0.15) is 5.82 Å². The second kappa shape index (κ2) is 5.22. The van der Waals surface area contributed by atoms with Gasteiger partial charge in [0.15, 0.2) is 5.82 Å². The maximum absolute atomic E-state index is 5.81. The lowest BCUT2D eigenvalue weighted by molar-refractivity contribution is 0.410. The molecule has 1 N–H and O–H groups in total. The predicted octanol–water partition coefficient (Wildman–Crippen LogP) is 1.93. The highest BCUT2D eigenvalue weighted by Crippen LogP contribution is 2.25. The van der Waals surface area contributed by atoms with E-state index in [1.165, 1.54) is 12.7 Å². The molecule has 0 amide bonds. The Balaban J connectivity index is 1.92. The van der Waals surface area contributed by atoms with E-state index >= 15 is 0 Å². The van der Waals surface area contributed by atoms with Crippen LogP contribution < -0.4 is 5.32 Å². The van der Waals surface area contributed by atoms with Gasteiger partial charge in [0.05, 0.1) is 4.47 Å². The summed E-state index contributed by atoms with van der Waals surface area (Å²) in [6, 6.07) is 0. The van der Waals surface area contributed by atoms with Gasteiger partial charge in [0.1, 0.15) is 17.3 Å². The molecule has 2 aromatic heterocycles. The van der Waals surface area contributed by atoms with Gasteiger partial charge in [-0.2, -0.15) is 4.98 Å². The first-order valence-electron chi connectivity index (χ1n) is 4.42. The third-order valence-electron chi connectivity index (χ3n) is 1.79. The standard InChI is InChI=1S/C8H7BrClN5O/c9-6-7(10)12-3-13-8(6)11-2-1-5-14-4-16-15-5/h3-4H,1-2H2,(H,11,12,13). The summed E-state index contributed by atoms with van der Waals surface area (Å²) < 4.78 is 5.26. The Kier molecular flexibility index (Phi) is 3.68. The molecule has 8 heteroatoms. The van der Waals surface area contributed by atoms with E-state index in [1.807, 2.05) is 0 Å². The maximum Gasteiger partial charge on any atom is 0.213 e. The van der Waals surface area contributed by atoms with Gasteiger partial charge in [0, 0.05) is 13.0 Å². The lowest BCUT2D eigenvalue weighted by Gasteiger charge is -2.05. The van der Waals surface area contributed by atoms with Gasteiger partial charge in [-0.15, -0.1) is 0 Å². The first-order valence-corrected chi connectivity index (χ1v) is 5.59. The topological polar surface area (TPSA) is 76.7 Å². The van der Waals surface area contributed by atoms with Crippen LogP contribution in [0.4, 0.5) is 5.82 Å². The Morgan fingerprint density at radius 1 is 1.38 bits per heavy atom. The molecule has 0 saturated heterocycles. The van der Waals surface area contributed by atoms with Gasteiger partial charge in [-0.25, -0.2) is 9.97 Å². The molecule has 84 valence electrons. The largest absolute Gasteiger partial charge is 0.369 e. The Morgan fingerprint density at radius 2 is 2.25 bits per heavy atom. The van der Waals surface area contributed by atoms with Crippen molar-refractivity contribution in [3.05, 3.63) is 28.2 Å². The fourth-order valence-electron chi connectivity index (χ4n) is 1.07. The molecule has 2 aromatic rings. The smallest absolute Gasteiger partial charge is 0.213 e. The molecule has 0 bridgehead atoms. The highest BCUT2D eigenvalue weighted by atomic mass is 79.9. The normalized spacial score (nSPS) is 10.4. The van der Waals surface area contributed by atoms with E-state index in [4.69, 9.17) is 11.6 Å². The molecule has 0 saturated carbocycles. The van der Waals surface area contributed by atoms with Crippen molar-refractivity contribution in [2.75, 3.05) is 11.9 Å². The summed E-state index contributed by atoms with van der Waals surface area (Å²) in [6.07, 6.45) is 3.33. The molecule has 0 fully saturated rings. The average Bonchev–Trinajstić information content (AvgIpc) is 2.77. The summed E-state index contributed by atoms with van der Waals surface area (Å²) in [5, 5.41) is 7.15. The number of hydrogen-bond acceptors (Lipinski definition) is 6. The first-order chi connectivity index (χ1) is 7.77. The SMILES string of the molecule is Clc1ncnc(NCCc2ncon2)c1Br. The van der Waals surface area contributed by atoms with Gasteiger partial charge < -0.3 is 9.84 Å². The molecule has 0 radical (unpaired) electrons. The van der Waals surface area contributed by atoms with E-state index in [-0.39, 0.29) is 0 Å². The van der Waals surface area contributed by atoms with Crippen LogP contribution in [0, 0.1) is 0 Å². The van der Waals surface area contributed by atoms with Crippen molar-refractivity contribution in [1.82, 2.24) is 20.1 Å². The zero-order valence-electron chi connectivity index (χ0n) is 8.02. The van der Waals surface area contributed by atoms with Crippen LogP contribution >= 0.6 is 27.5 Å². The molecule has 0 unspecified atom stereocenters. The van der Waals surface area contributed by atoms with E-state index in [2.05, 4.69) is 45.9 Å². The van der Waals surface area contributed by atoms with Crippen LogP contribution in [0.15, 0.2) is 21.7 Å². The lowest BCUT2D eigenvalue weighted by atomic mass is 10.4. The minimum Gasteiger partial charge on any atom is -0.369 e.